The number of hydrogen-bond donors (Lipinski definition) is 0. The molecule has 0 aromatic carbocycles. The van der Waals surface area contributed by atoms with Crippen molar-refractivity contribution in [1.82, 2.24) is 0 Å². The Morgan fingerprint density at radius 3 is 2.67 bits per heavy atom. The molecule has 2 radical (unpaired) electrons. The Balaban J connectivity index is 2.27. The highest BCUT2D eigenvalue weighted by Gasteiger charge is 2.24. The normalized spacial score (nSPS) is 21.4. The summed E-state index contributed by atoms with van der Waals surface area (Å²) in [6, 6.07) is 0. The molecule has 2 heteroatoms. The van der Waals surface area contributed by atoms with Crippen molar-refractivity contribution in [1.29, 1.82) is 0 Å². The summed E-state index contributed by atoms with van der Waals surface area (Å²) in [7, 11) is 8.53. The summed E-state index contributed by atoms with van der Waals surface area (Å²) in [5.41, 5.74) is 1.98. The zero-order valence-electron chi connectivity index (χ0n) is 10.2. The van der Waals surface area contributed by atoms with Crippen LogP contribution < -0.4 is 0 Å². The van der Waals surface area contributed by atoms with Crippen LogP contribution >= 0.6 is 9.24 Å². The van der Waals surface area contributed by atoms with Crippen LogP contribution in [-0.4, -0.2) is 13.4 Å². The van der Waals surface area contributed by atoms with Crippen molar-refractivity contribution in [2.45, 2.75) is 57.9 Å². The second-order valence-electron chi connectivity index (χ2n) is 4.94. The van der Waals surface area contributed by atoms with Gasteiger partial charge in [-0.05, 0) is 43.9 Å². The molecule has 84 valence electrons. The van der Waals surface area contributed by atoms with E-state index in [2.05, 4.69) is 29.2 Å². The molecule has 3 unspecified atom stereocenters. The molecule has 1 saturated carbocycles. The highest BCUT2D eigenvalue weighted by atomic mass is 31.0. The van der Waals surface area contributed by atoms with E-state index < -0.39 is 0 Å². The van der Waals surface area contributed by atoms with Crippen LogP contribution in [0.15, 0.2) is 11.6 Å². The summed E-state index contributed by atoms with van der Waals surface area (Å²) in [6.45, 7) is 4.51. The van der Waals surface area contributed by atoms with E-state index in [0.717, 1.165) is 5.92 Å². The first-order chi connectivity index (χ1) is 7.15. The molecule has 0 spiro atoms. The molecule has 0 nitrogen and oxygen atoms in total. The molecule has 15 heavy (non-hydrogen) atoms. The zero-order chi connectivity index (χ0) is 11.3. The minimum absolute atomic E-state index is 0.258. The molecule has 0 heterocycles. The zero-order valence-corrected chi connectivity index (χ0v) is 11.4. The molecule has 0 aliphatic heterocycles. The summed E-state index contributed by atoms with van der Waals surface area (Å²) < 4.78 is 0. The lowest BCUT2D eigenvalue weighted by Crippen LogP contribution is -2.09. The fourth-order valence-electron chi connectivity index (χ4n) is 1.94. The van der Waals surface area contributed by atoms with Crippen LogP contribution in [0, 0.1) is 11.8 Å². The van der Waals surface area contributed by atoms with Crippen molar-refractivity contribution in [2.75, 3.05) is 0 Å². The average Bonchev–Trinajstić information content (AvgIpc) is 2.99. The fraction of sp³-hybridized carbons (Fsp3) is 0.846. The Labute approximate surface area is 98.9 Å². The van der Waals surface area contributed by atoms with Gasteiger partial charge in [0.05, 0.1) is 7.85 Å². The van der Waals surface area contributed by atoms with Gasteiger partial charge in [0.25, 0.3) is 0 Å². The van der Waals surface area contributed by atoms with Crippen molar-refractivity contribution >= 4 is 17.1 Å². The van der Waals surface area contributed by atoms with Gasteiger partial charge < -0.3 is 0 Å². The Bertz CT molecular complexity index is 207. The Hall–Kier alpha value is 0.235. The van der Waals surface area contributed by atoms with Crippen molar-refractivity contribution in [3.05, 3.63) is 11.6 Å². The Morgan fingerprint density at radius 2 is 2.20 bits per heavy atom. The number of hydrogen-bond acceptors (Lipinski definition) is 0. The van der Waals surface area contributed by atoms with Crippen LogP contribution in [0.2, 0.25) is 0 Å². The Kier molecular flexibility index (Phi) is 5.98. The lowest BCUT2D eigenvalue weighted by atomic mass is 9.88. The third kappa shape index (κ3) is 5.20. The minimum atomic E-state index is 0.258. The first-order valence-electron chi connectivity index (χ1n) is 6.35. The Morgan fingerprint density at radius 1 is 1.53 bits per heavy atom. The van der Waals surface area contributed by atoms with Crippen molar-refractivity contribution in [3.63, 3.8) is 0 Å². The van der Waals surface area contributed by atoms with Crippen LogP contribution in [0.3, 0.4) is 0 Å². The molecular weight excluding hydrogens is 198 g/mol. The van der Waals surface area contributed by atoms with Gasteiger partial charge in [0.2, 0.25) is 0 Å². The van der Waals surface area contributed by atoms with Gasteiger partial charge in [0.15, 0.2) is 0 Å². The van der Waals surface area contributed by atoms with E-state index in [9.17, 15) is 0 Å². The molecule has 0 saturated heterocycles. The van der Waals surface area contributed by atoms with Gasteiger partial charge >= 0.3 is 0 Å². The monoisotopic (exact) mass is 222 g/mol. The SMILES string of the molecule is [B]C(P)C(C)CC/C=C(\CCC)C1CC1. The van der Waals surface area contributed by atoms with E-state index in [-0.39, 0.29) is 5.56 Å². The predicted molar refractivity (Wildman–Crippen MR) is 73.4 cm³/mol. The van der Waals surface area contributed by atoms with E-state index in [4.69, 9.17) is 7.85 Å². The maximum absolute atomic E-state index is 5.83. The molecule has 0 amide bonds. The molecule has 0 aromatic heterocycles. The second-order valence-corrected chi connectivity index (χ2v) is 5.71. The highest BCUT2D eigenvalue weighted by molar-refractivity contribution is 7.20. The number of allylic oxidation sites excluding steroid dienone is 2. The van der Waals surface area contributed by atoms with Gasteiger partial charge in [0, 0.05) is 0 Å². The van der Waals surface area contributed by atoms with E-state index >= 15 is 0 Å². The number of rotatable bonds is 7. The van der Waals surface area contributed by atoms with E-state index in [1.165, 1.54) is 38.5 Å². The molecular formula is C13H24BP. The smallest absolute Gasteiger partial charge is 0.0759 e. The van der Waals surface area contributed by atoms with Gasteiger partial charge in [-0.25, -0.2) is 0 Å². The van der Waals surface area contributed by atoms with Crippen LogP contribution in [-0.2, 0) is 0 Å². The van der Waals surface area contributed by atoms with Crippen molar-refractivity contribution < 1.29 is 0 Å². The van der Waals surface area contributed by atoms with Crippen LogP contribution in [0.4, 0.5) is 0 Å². The first-order valence-corrected chi connectivity index (χ1v) is 7.02. The summed E-state index contributed by atoms with van der Waals surface area (Å²) in [5.74, 6) is 1.57. The largest absolute Gasteiger partial charge is 0.143 e. The third-order valence-electron chi connectivity index (χ3n) is 3.33. The maximum atomic E-state index is 5.83. The molecule has 1 fully saturated rings. The molecule has 0 N–H and O–H groups in total. The van der Waals surface area contributed by atoms with E-state index in [1.54, 1.807) is 5.57 Å². The van der Waals surface area contributed by atoms with Gasteiger partial charge in [0.1, 0.15) is 0 Å². The van der Waals surface area contributed by atoms with E-state index in [0.29, 0.717) is 5.92 Å². The lowest BCUT2D eigenvalue weighted by molar-refractivity contribution is 0.577. The molecule has 0 aromatic rings. The highest BCUT2D eigenvalue weighted by Crippen LogP contribution is 2.39. The summed E-state index contributed by atoms with van der Waals surface area (Å²) in [4.78, 5) is 0. The average molecular weight is 222 g/mol. The van der Waals surface area contributed by atoms with Gasteiger partial charge in [-0.2, -0.15) is 0 Å². The molecule has 1 aliphatic rings. The first kappa shape index (κ1) is 13.3. The minimum Gasteiger partial charge on any atom is -0.143 e. The van der Waals surface area contributed by atoms with Crippen LogP contribution in [0.5, 0.6) is 0 Å². The van der Waals surface area contributed by atoms with Gasteiger partial charge in [-0.3, -0.25) is 0 Å². The maximum Gasteiger partial charge on any atom is 0.0759 e. The standard InChI is InChI=1S/C13H24BP/c1-3-5-11(12-8-9-12)7-4-6-10(2)13(14)15/h7,10,12-13H,3-6,8-9,15H2,1-2H3/b11-7+. The van der Waals surface area contributed by atoms with E-state index in [1.807, 2.05) is 0 Å². The topological polar surface area (TPSA) is 0 Å². The fourth-order valence-corrected chi connectivity index (χ4v) is 2.13. The van der Waals surface area contributed by atoms with Gasteiger partial charge in [-0.15, -0.1) is 9.24 Å². The third-order valence-corrected chi connectivity index (χ3v) is 3.98. The van der Waals surface area contributed by atoms with Crippen molar-refractivity contribution in [3.8, 4) is 0 Å². The van der Waals surface area contributed by atoms with Crippen molar-refractivity contribution in [2.24, 2.45) is 11.8 Å². The summed E-state index contributed by atoms with van der Waals surface area (Å²) >= 11 is 0. The van der Waals surface area contributed by atoms with Crippen LogP contribution in [0.25, 0.3) is 0 Å². The summed E-state index contributed by atoms with van der Waals surface area (Å²) in [6.07, 6.45) is 10.4. The second kappa shape index (κ2) is 6.74. The molecule has 3 atom stereocenters. The lowest BCUT2D eigenvalue weighted by Gasteiger charge is -2.14. The molecule has 0 bridgehead atoms. The quantitative estimate of drug-likeness (QED) is 0.348. The van der Waals surface area contributed by atoms with Crippen LogP contribution in [0.1, 0.15) is 52.4 Å². The molecule has 1 aliphatic carbocycles. The summed E-state index contributed by atoms with van der Waals surface area (Å²) in [5, 5.41) is 0. The van der Waals surface area contributed by atoms with Gasteiger partial charge in [-0.1, -0.05) is 37.5 Å². The molecule has 1 rings (SSSR count). The predicted octanol–water partition coefficient (Wildman–Crippen LogP) is 3.91.